The van der Waals surface area contributed by atoms with Gasteiger partial charge in [0.1, 0.15) is 4.21 Å². The van der Waals surface area contributed by atoms with E-state index in [4.69, 9.17) is 0 Å². The minimum absolute atomic E-state index is 0.0430. The maximum Gasteiger partial charge on any atom is 0.252 e. The summed E-state index contributed by atoms with van der Waals surface area (Å²) in [5.74, 6) is 0. The number of aryl methyl sites for hydroxylation is 2. The van der Waals surface area contributed by atoms with Gasteiger partial charge in [0.2, 0.25) is 0 Å². The molecule has 106 valence electrons. The molecule has 1 aliphatic carbocycles. The van der Waals surface area contributed by atoms with E-state index in [0.29, 0.717) is 4.21 Å². The lowest BCUT2D eigenvalue weighted by Gasteiger charge is -2.24. The van der Waals surface area contributed by atoms with Gasteiger partial charge in [0.05, 0.1) is 6.04 Å². The fourth-order valence-corrected chi connectivity index (χ4v) is 5.61. The number of hydrogen-bond acceptors (Lipinski definition) is 3. The molecule has 0 aliphatic heterocycles. The zero-order valence-electron chi connectivity index (χ0n) is 11.5. The van der Waals surface area contributed by atoms with Crippen LogP contribution in [0.1, 0.15) is 28.5 Å². The minimum Gasteiger partial charge on any atom is -0.206 e. The lowest BCUT2D eigenvalue weighted by atomic mass is 10.1. The number of rotatable bonds is 3. The highest BCUT2D eigenvalue weighted by atomic mass is 32.2. The van der Waals surface area contributed by atoms with Gasteiger partial charge in [0.15, 0.2) is 0 Å². The van der Waals surface area contributed by atoms with Crippen LogP contribution in [-0.2, 0) is 16.4 Å². The van der Waals surface area contributed by atoms with Crippen molar-refractivity contribution in [1.29, 1.82) is 0 Å². The first-order chi connectivity index (χ1) is 9.50. The van der Waals surface area contributed by atoms with E-state index in [1.54, 1.807) is 13.1 Å². The van der Waals surface area contributed by atoms with Crippen LogP contribution in [0.2, 0.25) is 0 Å². The van der Waals surface area contributed by atoms with Crippen molar-refractivity contribution in [2.45, 2.75) is 30.0 Å². The van der Waals surface area contributed by atoms with Crippen molar-refractivity contribution >= 4 is 21.4 Å². The van der Waals surface area contributed by atoms with E-state index < -0.39 is 10.0 Å². The summed E-state index contributed by atoms with van der Waals surface area (Å²) in [7, 11) is -1.70. The van der Waals surface area contributed by atoms with Gasteiger partial charge < -0.3 is 0 Å². The zero-order valence-corrected chi connectivity index (χ0v) is 13.2. The van der Waals surface area contributed by atoms with Crippen molar-refractivity contribution in [1.82, 2.24) is 4.31 Å². The van der Waals surface area contributed by atoms with E-state index in [1.807, 2.05) is 31.2 Å². The molecule has 1 aromatic heterocycles. The van der Waals surface area contributed by atoms with Crippen LogP contribution in [0.5, 0.6) is 0 Å². The second-order valence-electron chi connectivity index (χ2n) is 5.14. The van der Waals surface area contributed by atoms with E-state index >= 15 is 0 Å². The smallest absolute Gasteiger partial charge is 0.206 e. The third-order valence-corrected chi connectivity index (χ3v) is 7.22. The molecule has 0 radical (unpaired) electrons. The van der Waals surface area contributed by atoms with Gasteiger partial charge in [-0.05, 0) is 43.0 Å². The number of hydrogen-bond donors (Lipinski definition) is 0. The summed E-state index contributed by atoms with van der Waals surface area (Å²) < 4.78 is 27.3. The Morgan fingerprint density at radius 2 is 1.95 bits per heavy atom. The molecule has 0 spiro atoms. The molecule has 0 N–H and O–H groups in total. The number of benzene rings is 1. The number of thiophene rings is 1. The summed E-state index contributed by atoms with van der Waals surface area (Å²) in [6.07, 6.45) is 1.81. The molecule has 0 saturated carbocycles. The highest BCUT2D eigenvalue weighted by molar-refractivity contribution is 7.91. The molecule has 0 saturated heterocycles. The largest absolute Gasteiger partial charge is 0.252 e. The van der Waals surface area contributed by atoms with Gasteiger partial charge in [-0.25, -0.2) is 8.42 Å². The van der Waals surface area contributed by atoms with Gasteiger partial charge in [-0.15, -0.1) is 11.3 Å². The van der Waals surface area contributed by atoms with Crippen LogP contribution in [0.15, 0.2) is 40.6 Å². The summed E-state index contributed by atoms with van der Waals surface area (Å²) in [5, 5.41) is 0. The van der Waals surface area contributed by atoms with Crippen LogP contribution in [0.3, 0.4) is 0 Å². The molecule has 0 bridgehead atoms. The first kappa shape index (κ1) is 13.8. The molecule has 3 rings (SSSR count). The molecule has 1 aromatic carbocycles. The van der Waals surface area contributed by atoms with Crippen molar-refractivity contribution < 1.29 is 8.42 Å². The van der Waals surface area contributed by atoms with E-state index in [9.17, 15) is 8.42 Å². The SMILES string of the molecule is Cc1ccc(S(=O)(=O)N(C)C2CCc3ccccc32)s1. The molecule has 1 heterocycles. The number of sulfonamides is 1. The second-order valence-corrected chi connectivity index (χ2v) is 8.65. The van der Waals surface area contributed by atoms with Gasteiger partial charge in [-0.3, -0.25) is 0 Å². The summed E-state index contributed by atoms with van der Waals surface area (Å²) >= 11 is 1.33. The van der Waals surface area contributed by atoms with Gasteiger partial charge in [-0.1, -0.05) is 24.3 Å². The third kappa shape index (κ3) is 2.20. The monoisotopic (exact) mass is 307 g/mol. The molecule has 1 unspecified atom stereocenters. The Hall–Kier alpha value is -1.17. The highest BCUT2D eigenvalue weighted by Crippen LogP contribution is 2.38. The summed E-state index contributed by atoms with van der Waals surface area (Å²) in [6, 6.07) is 11.6. The first-order valence-corrected chi connectivity index (χ1v) is 8.88. The van der Waals surface area contributed by atoms with Gasteiger partial charge >= 0.3 is 0 Å². The lowest BCUT2D eigenvalue weighted by molar-refractivity contribution is 0.375. The lowest BCUT2D eigenvalue weighted by Crippen LogP contribution is -2.29. The fourth-order valence-electron chi connectivity index (χ4n) is 2.77. The molecule has 1 atom stereocenters. The average Bonchev–Trinajstić information content (AvgIpc) is 3.04. The highest BCUT2D eigenvalue weighted by Gasteiger charge is 2.33. The molecule has 20 heavy (non-hydrogen) atoms. The van der Waals surface area contributed by atoms with Crippen LogP contribution >= 0.6 is 11.3 Å². The molecular formula is C15H17NO2S2. The minimum atomic E-state index is -3.39. The molecule has 3 nitrogen and oxygen atoms in total. The van der Waals surface area contributed by atoms with Crippen molar-refractivity contribution in [3.8, 4) is 0 Å². The van der Waals surface area contributed by atoms with E-state index in [0.717, 1.165) is 23.3 Å². The average molecular weight is 307 g/mol. The normalized spacial score (nSPS) is 18.4. The summed E-state index contributed by atoms with van der Waals surface area (Å²) in [6.45, 7) is 1.93. The Labute approximate surface area is 123 Å². The Balaban J connectivity index is 1.96. The van der Waals surface area contributed by atoms with Crippen molar-refractivity contribution in [2.24, 2.45) is 0 Å². The van der Waals surface area contributed by atoms with Gasteiger partial charge in [-0.2, -0.15) is 4.31 Å². The van der Waals surface area contributed by atoms with Crippen molar-refractivity contribution in [3.63, 3.8) is 0 Å². The maximum absolute atomic E-state index is 12.7. The fraction of sp³-hybridized carbons (Fsp3) is 0.333. The van der Waals surface area contributed by atoms with Crippen LogP contribution in [0.4, 0.5) is 0 Å². The van der Waals surface area contributed by atoms with Gasteiger partial charge in [0.25, 0.3) is 10.0 Å². The molecule has 0 fully saturated rings. The van der Waals surface area contributed by atoms with Crippen LogP contribution in [-0.4, -0.2) is 19.8 Å². The van der Waals surface area contributed by atoms with Crippen LogP contribution in [0.25, 0.3) is 0 Å². The Kier molecular flexibility index (Phi) is 3.44. The molecule has 0 amide bonds. The van der Waals surface area contributed by atoms with E-state index in [1.165, 1.54) is 21.2 Å². The predicted molar refractivity (Wildman–Crippen MR) is 81.5 cm³/mol. The maximum atomic E-state index is 12.7. The molecule has 1 aliphatic rings. The van der Waals surface area contributed by atoms with Crippen molar-refractivity contribution in [2.75, 3.05) is 7.05 Å². The number of fused-ring (bicyclic) bond motifs is 1. The molecular weight excluding hydrogens is 290 g/mol. The Bertz CT molecular complexity index is 734. The Morgan fingerprint density at radius 3 is 2.65 bits per heavy atom. The van der Waals surface area contributed by atoms with Crippen LogP contribution < -0.4 is 0 Å². The van der Waals surface area contributed by atoms with E-state index in [2.05, 4.69) is 6.07 Å². The van der Waals surface area contributed by atoms with Crippen molar-refractivity contribution in [3.05, 3.63) is 52.4 Å². The standard InChI is InChI=1S/C15H17NO2S2/c1-11-7-10-15(19-11)20(17,18)16(2)14-9-8-12-5-3-4-6-13(12)14/h3-7,10,14H,8-9H2,1-2H3. The topological polar surface area (TPSA) is 37.4 Å². The van der Waals surface area contributed by atoms with Gasteiger partial charge in [0, 0.05) is 11.9 Å². The first-order valence-electron chi connectivity index (χ1n) is 6.62. The molecule has 2 aromatic rings. The quantitative estimate of drug-likeness (QED) is 0.872. The summed E-state index contributed by atoms with van der Waals surface area (Å²) in [5.41, 5.74) is 2.41. The second kappa shape index (κ2) is 4.98. The molecule has 5 heteroatoms. The van der Waals surface area contributed by atoms with Crippen LogP contribution in [0, 0.1) is 6.92 Å². The Morgan fingerprint density at radius 1 is 1.20 bits per heavy atom. The summed E-state index contributed by atoms with van der Waals surface area (Å²) in [4.78, 5) is 1.02. The predicted octanol–water partition coefficient (Wildman–Crippen LogP) is 3.36. The third-order valence-electron chi connectivity index (χ3n) is 3.89. The van der Waals surface area contributed by atoms with E-state index in [-0.39, 0.29) is 6.04 Å². The number of nitrogens with zero attached hydrogens (tertiary/aromatic N) is 1. The zero-order chi connectivity index (χ0) is 14.3.